The molecule has 1 aliphatic heterocycles. The van der Waals surface area contributed by atoms with Gasteiger partial charge in [-0.2, -0.15) is 0 Å². The first-order chi connectivity index (χ1) is 7.71. The topological polar surface area (TPSA) is 66.5 Å². The molecule has 5 nitrogen and oxygen atoms in total. The smallest absolute Gasteiger partial charge is 0.243 e. The van der Waals surface area contributed by atoms with Crippen molar-refractivity contribution in [3.63, 3.8) is 0 Å². The van der Waals surface area contributed by atoms with Crippen LogP contribution in [-0.4, -0.2) is 55.9 Å². The molecule has 0 bridgehead atoms. The number of rotatable bonds is 5. The van der Waals surface area contributed by atoms with E-state index >= 15 is 0 Å². The summed E-state index contributed by atoms with van der Waals surface area (Å²) in [6.07, 6.45) is 1.95. The first kappa shape index (κ1) is 14.4. The lowest BCUT2D eigenvalue weighted by molar-refractivity contribution is -0.136. The lowest BCUT2D eigenvalue weighted by atomic mass is 10.1. The van der Waals surface area contributed by atoms with Gasteiger partial charge in [0.15, 0.2) is 9.84 Å². The highest BCUT2D eigenvalue weighted by molar-refractivity contribution is 7.92. The predicted octanol–water partition coefficient (Wildman–Crippen LogP) is 0.0200. The summed E-state index contributed by atoms with van der Waals surface area (Å²) in [7, 11) is -3.39. The normalized spacial score (nSPS) is 17.6. The third kappa shape index (κ3) is 2.80. The maximum atomic E-state index is 12.4. The molecule has 0 aliphatic carbocycles. The van der Waals surface area contributed by atoms with Crippen LogP contribution in [0, 0.1) is 0 Å². The minimum absolute atomic E-state index is 0.142. The monoisotopic (exact) mass is 262 g/mol. The molecule has 1 saturated heterocycles. The highest BCUT2D eigenvalue weighted by Gasteiger charge is 2.43. The van der Waals surface area contributed by atoms with Crippen LogP contribution in [0.25, 0.3) is 0 Å². The van der Waals surface area contributed by atoms with Crippen LogP contribution < -0.4 is 5.32 Å². The van der Waals surface area contributed by atoms with Crippen LogP contribution in [0.5, 0.6) is 0 Å². The first-order valence-corrected chi connectivity index (χ1v) is 7.82. The lowest BCUT2D eigenvalue weighted by Gasteiger charge is -2.41. The first-order valence-electron chi connectivity index (χ1n) is 5.93. The van der Waals surface area contributed by atoms with E-state index < -0.39 is 14.6 Å². The Bertz CT molecular complexity index is 386. The average Bonchev–Trinajstić information content (AvgIpc) is 2.11. The fourth-order valence-electron chi connectivity index (χ4n) is 1.69. The van der Waals surface area contributed by atoms with E-state index in [1.54, 1.807) is 4.90 Å². The molecule has 17 heavy (non-hydrogen) atoms. The van der Waals surface area contributed by atoms with Gasteiger partial charge in [0.2, 0.25) is 5.91 Å². The van der Waals surface area contributed by atoms with E-state index in [2.05, 4.69) is 5.32 Å². The van der Waals surface area contributed by atoms with Crippen molar-refractivity contribution in [2.75, 3.05) is 25.9 Å². The molecule has 1 fully saturated rings. The van der Waals surface area contributed by atoms with Gasteiger partial charge in [-0.05, 0) is 20.3 Å². The van der Waals surface area contributed by atoms with Crippen LogP contribution in [0.4, 0.5) is 0 Å². The van der Waals surface area contributed by atoms with Crippen molar-refractivity contribution in [1.29, 1.82) is 0 Å². The minimum Gasteiger partial charge on any atom is -0.336 e. The zero-order valence-electron chi connectivity index (χ0n) is 11.0. The lowest BCUT2D eigenvalue weighted by Crippen LogP contribution is -2.63. The van der Waals surface area contributed by atoms with E-state index in [1.807, 2.05) is 6.92 Å². The Morgan fingerprint density at radius 3 is 2.24 bits per heavy atom. The fourth-order valence-corrected chi connectivity index (χ4v) is 2.12. The van der Waals surface area contributed by atoms with Crippen LogP contribution in [0.2, 0.25) is 0 Å². The molecule has 1 heterocycles. The summed E-state index contributed by atoms with van der Waals surface area (Å²) in [4.78, 5) is 14.1. The highest BCUT2D eigenvalue weighted by Crippen LogP contribution is 2.21. The van der Waals surface area contributed by atoms with Gasteiger partial charge in [0.1, 0.15) is 4.75 Å². The second kappa shape index (κ2) is 4.94. The number of amides is 1. The number of hydrogen-bond donors (Lipinski definition) is 1. The predicted molar refractivity (Wildman–Crippen MR) is 67.6 cm³/mol. The van der Waals surface area contributed by atoms with Crippen LogP contribution in [-0.2, 0) is 14.6 Å². The average molecular weight is 262 g/mol. The molecule has 1 aliphatic rings. The van der Waals surface area contributed by atoms with Crippen molar-refractivity contribution in [2.24, 2.45) is 0 Å². The van der Waals surface area contributed by atoms with E-state index in [9.17, 15) is 13.2 Å². The maximum absolute atomic E-state index is 12.4. The Morgan fingerprint density at radius 2 is 1.94 bits per heavy atom. The third-order valence-electron chi connectivity index (χ3n) is 3.37. The third-order valence-corrected chi connectivity index (χ3v) is 5.40. The maximum Gasteiger partial charge on any atom is 0.243 e. The summed E-state index contributed by atoms with van der Waals surface area (Å²) in [6.45, 7) is 7.08. The summed E-state index contributed by atoms with van der Waals surface area (Å²) in [5.41, 5.74) is 0. The Morgan fingerprint density at radius 1 is 1.41 bits per heavy atom. The number of carbonyl (C=O) groups is 1. The van der Waals surface area contributed by atoms with Crippen molar-refractivity contribution in [2.45, 2.75) is 38.0 Å². The van der Waals surface area contributed by atoms with Crippen LogP contribution in [0.15, 0.2) is 0 Å². The second-order valence-electron chi connectivity index (χ2n) is 5.09. The summed E-state index contributed by atoms with van der Waals surface area (Å²) in [6, 6.07) is 0.142. The molecule has 6 heteroatoms. The van der Waals surface area contributed by atoms with E-state index in [1.165, 1.54) is 13.8 Å². The van der Waals surface area contributed by atoms with Crippen LogP contribution in [0.1, 0.15) is 27.2 Å². The number of carbonyl (C=O) groups excluding carboxylic acids is 1. The van der Waals surface area contributed by atoms with Gasteiger partial charge >= 0.3 is 0 Å². The van der Waals surface area contributed by atoms with E-state index in [0.29, 0.717) is 6.54 Å². The van der Waals surface area contributed by atoms with Gasteiger partial charge in [-0.15, -0.1) is 0 Å². The van der Waals surface area contributed by atoms with Crippen LogP contribution >= 0.6 is 0 Å². The molecule has 100 valence electrons. The van der Waals surface area contributed by atoms with Crippen molar-refractivity contribution < 1.29 is 13.2 Å². The number of nitrogens with zero attached hydrogens (tertiary/aromatic N) is 1. The Balaban J connectivity index is 2.91. The molecule has 0 radical (unpaired) electrons. The largest absolute Gasteiger partial charge is 0.336 e. The van der Waals surface area contributed by atoms with E-state index in [4.69, 9.17) is 0 Å². The van der Waals surface area contributed by atoms with Crippen molar-refractivity contribution >= 4 is 15.7 Å². The molecule has 1 N–H and O–H groups in total. The zero-order valence-corrected chi connectivity index (χ0v) is 11.8. The number of hydrogen-bond acceptors (Lipinski definition) is 4. The molecule has 1 amide bonds. The highest BCUT2D eigenvalue weighted by atomic mass is 32.2. The van der Waals surface area contributed by atoms with Crippen molar-refractivity contribution in [3.8, 4) is 0 Å². The molecule has 0 spiro atoms. The molecule has 0 aromatic carbocycles. The van der Waals surface area contributed by atoms with Crippen molar-refractivity contribution in [3.05, 3.63) is 0 Å². The molecular weight excluding hydrogens is 240 g/mol. The number of sulfone groups is 1. The van der Waals surface area contributed by atoms with E-state index in [0.717, 1.165) is 25.8 Å². The van der Waals surface area contributed by atoms with E-state index in [-0.39, 0.29) is 11.9 Å². The SMILES string of the molecule is CCCN(C(=O)C(C)(C)S(C)(=O)=O)C1CNC1. The summed E-state index contributed by atoms with van der Waals surface area (Å²) < 4.78 is 22.0. The van der Waals surface area contributed by atoms with Crippen molar-refractivity contribution in [1.82, 2.24) is 10.2 Å². The number of nitrogens with one attached hydrogen (secondary N) is 1. The Kier molecular flexibility index (Phi) is 4.19. The molecule has 0 unspecified atom stereocenters. The molecule has 0 atom stereocenters. The van der Waals surface area contributed by atoms with Gasteiger partial charge in [0, 0.05) is 25.9 Å². The molecular formula is C11H22N2O3S. The summed E-state index contributed by atoms with van der Waals surface area (Å²) in [5, 5.41) is 3.10. The molecule has 0 aromatic rings. The van der Waals surface area contributed by atoms with Gasteiger partial charge in [0.25, 0.3) is 0 Å². The van der Waals surface area contributed by atoms with Gasteiger partial charge in [-0.25, -0.2) is 8.42 Å². The van der Waals surface area contributed by atoms with Crippen LogP contribution in [0.3, 0.4) is 0 Å². The second-order valence-corrected chi connectivity index (χ2v) is 7.66. The quantitative estimate of drug-likeness (QED) is 0.758. The summed E-state index contributed by atoms with van der Waals surface area (Å²) in [5.74, 6) is -0.284. The molecule has 1 rings (SSSR count). The Hall–Kier alpha value is -0.620. The standard InChI is InChI=1S/C11H22N2O3S/c1-5-6-13(9-7-12-8-9)10(14)11(2,3)17(4,15)16/h9,12H,5-8H2,1-4H3. The molecule has 0 saturated carbocycles. The fraction of sp³-hybridized carbons (Fsp3) is 0.909. The minimum atomic E-state index is -3.39. The molecule has 0 aromatic heterocycles. The summed E-state index contributed by atoms with van der Waals surface area (Å²) >= 11 is 0. The van der Waals surface area contributed by atoms with Gasteiger partial charge < -0.3 is 10.2 Å². The zero-order chi connectivity index (χ0) is 13.3. The Labute approximate surface area is 103 Å². The van der Waals surface area contributed by atoms with Gasteiger partial charge in [0.05, 0.1) is 6.04 Å². The van der Waals surface area contributed by atoms with Gasteiger partial charge in [-0.3, -0.25) is 4.79 Å². The van der Waals surface area contributed by atoms with Gasteiger partial charge in [-0.1, -0.05) is 6.92 Å².